The molecule has 2 aromatic carbocycles. The second-order valence-corrected chi connectivity index (χ2v) is 8.55. The van der Waals surface area contributed by atoms with E-state index >= 15 is 0 Å². The number of benzene rings is 2. The molecule has 3 rings (SSSR count). The second-order valence-electron chi connectivity index (χ2n) is 6.86. The maximum absolute atomic E-state index is 13.7. The zero-order valence-electron chi connectivity index (χ0n) is 15.5. The van der Waals surface area contributed by atoms with Gasteiger partial charge in [-0.25, -0.2) is 13.1 Å². The van der Waals surface area contributed by atoms with Gasteiger partial charge in [0.05, 0.1) is 10.5 Å². The molecule has 2 aromatic rings. The molecular weight excluding hydrogens is 389 g/mol. The summed E-state index contributed by atoms with van der Waals surface area (Å²) >= 11 is 0. The summed E-state index contributed by atoms with van der Waals surface area (Å²) in [5, 5.41) is 3.10. The van der Waals surface area contributed by atoms with Crippen molar-refractivity contribution in [2.45, 2.75) is 43.3 Å². The minimum Gasteiger partial charge on any atom is -0.317 e. The number of hydrogen-bond donors (Lipinski definition) is 2. The van der Waals surface area contributed by atoms with Crippen LogP contribution in [0, 0.1) is 0 Å². The predicted octanol–water partition coefficient (Wildman–Crippen LogP) is 3.97. The van der Waals surface area contributed by atoms with Crippen LogP contribution in [-0.4, -0.2) is 27.5 Å². The Balaban J connectivity index is 2.04. The van der Waals surface area contributed by atoms with Gasteiger partial charge in [-0.3, -0.25) is 0 Å². The molecule has 0 unspecified atom stereocenters. The number of halogens is 3. The van der Waals surface area contributed by atoms with E-state index in [1.54, 1.807) is 12.1 Å². The van der Waals surface area contributed by atoms with Crippen LogP contribution in [0.2, 0.25) is 0 Å². The minimum atomic E-state index is -4.78. The van der Waals surface area contributed by atoms with Crippen molar-refractivity contribution in [1.82, 2.24) is 10.0 Å². The first-order chi connectivity index (χ1) is 13.2. The van der Waals surface area contributed by atoms with Crippen LogP contribution >= 0.6 is 0 Å². The average molecular weight is 412 g/mol. The molecule has 0 saturated carbocycles. The van der Waals surface area contributed by atoms with Crippen molar-refractivity contribution < 1.29 is 21.6 Å². The van der Waals surface area contributed by atoms with Gasteiger partial charge in [-0.2, -0.15) is 13.2 Å². The van der Waals surface area contributed by atoms with E-state index in [1.165, 1.54) is 6.07 Å². The molecule has 0 aromatic heterocycles. The van der Waals surface area contributed by atoms with Gasteiger partial charge < -0.3 is 5.32 Å². The lowest BCUT2D eigenvalue weighted by Gasteiger charge is -2.24. The van der Waals surface area contributed by atoms with Gasteiger partial charge >= 0.3 is 6.18 Å². The van der Waals surface area contributed by atoms with Gasteiger partial charge in [-0.05, 0) is 61.2 Å². The molecule has 2 N–H and O–H groups in total. The minimum absolute atomic E-state index is 0.352. The Morgan fingerprint density at radius 2 is 1.79 bits per heavy atom. The van der Waals surface area contributed by atoms with E-state index in [4.69, 9.17) is 0 Å². The molecule has 1 saturated heterocycles. The molecule has 0 radical (unpaired) electrons. The number of aryl methyl sites for hydroxylation is 1. The zero-order valence-corrected chi connectivity index (χ0v) is 16.3. The molecule has 1 aliphatic heterocycles. The first-order valence-electron chi connectivity index (χ1n) is 9.25. The van der Waals surface area contributed by atoms with Crippen molar-refractivity contribution >= 4 is 10.0 Å². The lowest BCUT2D eigenvalue weighted by atomic mass is 9.97. The van der Waals surface area contributed by atoms with Crippen molar-refractivity contribution in [2.24, 2.45) is 0 Å². The third-order valence-electron chi connectivity index (χ3n) is 4.94. The van der Waals surface area contributed by atoms with Crippen LogP contribution in [0.15, 0.2) is 47.4 Å². The number of piperidine rings is 1. The van der Waals surface area contributed by atoms with Crippen molar-refractivity contribution in [1.29, 1.82) is 0 Å². The highest BCUT2D eigenvalue weighted by atomic mass is 32.2. The summed E-state index contributed by atoms with van der Waals surface area (Å²) in [4.78, 5) is -0.726. The Morgan fingerprint density at radius 1 is 1.11 bits per heavy atom. The first-order valence-corrected chi connectivity index (χ1v) is 10.7. The highest BCUT2D eigenvalue weighted by Crippen LogP contribution is 2.37. The Labute approximate surface area is 163 Å². The van der Waals surface area contributed by atoms with E-state index in [1.807, 2.05) is 19.1 Å². The molecule has 1 fully saturated rings. The van der Waals surface area contributed by atoms with Crippen LogP contribution in [0.25, 0.3) is 11.1 Å². The smallest absolute Gasteiger partial charge is 0.317 e. The monoisotopic (exact) mass is 412 g/mol. The summed E-state index contributed by atoms with van der Waals surface area (Å²) in [6.45, 7) is 3.18. The number of sulfonamides is 1. The largest absolute Gasteiger partial charge is 0.417 e. The van der Waals surface area contributed by atoms with Crippen LogP contribution in [0.4, 0.5) is 13.2 Å². The van der Waals surface area contributed by atoms with Crippen molar-refractivity contribution in [3.05, 3.63) is 53.6 Å². The fourth-order valence-corrected chi connectivity index (χ4v) is 5.00. The topological polar surface area (TPSA) is 58.2 Å². The highest BCUT2D eigenvalue weighted by Gasteiger charge is 2.38. The molecule has 28 heavy (non-hydrogen) atoms. The Morgan fingerprint density at radius 3 is 2.43 bits per heavy atom. The third kappa shape index (κ3) is 4.56. The molecule has 4 nitrogen and oxygen atoms in total. The molecule has 1 heterocycles. The van der Waals surface area contributed by atoms with Crippen LogP contribution in [0.5, 0.6) is 0 Å². The van der Waals surface area contributed by atoms with E-state index < -0.39 is 26.7 Å². The number of rotatable bonds is 5. The lowest BCUT2D eigenvalue weighted by molar-refractivity contribution is -0.139. The lowest BCUT2D eigenvalue weighted by Crippen LogP contribution is -2.43. The van der Waals surface area contributed by atoms with E-state index in [0.29, 0.717) is 43.5 Å². The number of alkyl halides is 3. The molecule has 152 valence electrons. The maximum atomic E-state index is 13.7. The zero-order chi connectivity index (χ0) is 20.4. The Bertz CT molecular complexity index is 937. The Hall–Kier alpha value is -1.90. The fraction of sp³-hybridized carbons (Fsp3) is 0.400. The summed E-state index contributed by atoms with van der Waals surface area (Å²) < 4.78 is 69.1. The molecule has 0 bridgehead atoms. The molecule has 0 aliphatic carbocycles. The van der Waals surface area contributed by atoms with Crippen molar-refractivity contribution in [3.8, 4) is 11.1 Å². The van der Waals surface area contributed by atoms with Gasteiger partial charge in [-0.1, -0.05) is 37.3 Å². The number of hydrogen-bond acceptors (Lipinski definition) is 3. The van der Waals surface area contributed by atoms with Crippen LogP contribution in [0.1, 0.15) is 30.9 Å². The second kappa shape index (κ2) is 8.23. The van der Waals surface area contributed by atoms with Gasteiger partial charge in [0.2, 0.25) is 10.0 Å². The highest BCUT2D eigenvalue weighted by molar-refractivity contribution is 7.89. The summed E-state index contributed by atoms with van der Waals surface area (Å²) in [6, 6.07) is 10.3. The molecule has 8 heteroatoms. The van der Waals surface area contributed by atoms with Gasteiger partial charge in [0.25, 0.3) is 0 Å². The quantitative estimate of drug-likeness (QED) is 0.782. The van der Waals surface area contributed by atoms with Gasteiger partial charge in [0, 0.05) is 6.04 Å². The third-order valence-corrected chi connectivity index (χ3v) is 6.52. The van der Waals surface area contributed by atoms with Crippen LogP contribution in [-0.2, 0) is 22.6 Å². The van der Waals surface area contributed by atoms with Gasteiger partial charge in [-0.15, -0.1) is 0 Å². The average Bonchev–Trinajstić information content (AvgIpc) is 2.67. The summed E-state index contributed by atoms with van der Waals surface area (Å²) in [5.74, 6) is 0. The van der Waals surface area contributed by atoms with Gasteiger partial charge in [0.15, 0.2) is 0 Å². The SMILES string of the molecule is CCc1ccccc1-c1ccc(S(=O)(=O)NC2CCNCC2)c(C(F)(F)F)c1. The van der Waals surface area contributed by atoms with Gasteiger partial charge in [0.1, 0.15) is 0 Å². The van der Waals surface area contributed by atoms with Crippen LogP contribution < -0.4 is 10.0 Å². The molecule has 0 atom stereocenters. The summed E-state index contributed by atoms with van der Waals surface area (Å²) in [7, 11) is -4.29. The van der Waals surface area contributed by atoms with E-state index in [2.05, 4.69) is 10.0 Å². The molecule has 1 aliphatic rings. The standard InChI is InChI=1S/C20H23F3N2O2S/c1-2-14-5-3-4-6-17(14)15-7-8-19(18(13-15)20(21,22)23)28(26,27)25-16-9-11-24-12-10-16/h3-8,13,16,24-25H,2,9-12H2,1H3. The summed E-state index contributed by atoms with van der Waals surface area (Å²) in [6.07, 6.45) is -3.03. The number of nitrogens with one attached hydrogen (secondary N) is 2. The van der Waals surface area contributed by atoms with Crippen molar-refractivity contribution in [2.75, 3.05) is 13.1 Å². The van der Waals surface area contributed by atoms with E-state index in [9.17, 15) is 21.6 Å². The first kappa shape index (κ1) is 20.8. The predicted molar refractivity (Wildman–Crippen MR) is 102 cm³/mol. The normalized spacial score (nSPS) is 16.3. The van der Waals surface area contributed by atoms with E-state index in [0.717, 1.165) is 17.7 Å². The van der Waals surface area contributed by atoms with Crippen LogP contribution in [0.3, 0.4) is 0 Å². The Kier molecular flexibility index (Phi) is 6.12. The fourth-order valence-electron chi connectivity index (χ4n) is 3.49. The molecule has 0 spiro atoms. The summed E-state index contributed by atoms with van der Waals surface area (Å²) in [5.41, 5.74) is 0.785. The van der Waals surface area contributed by atoms with E-state index in [-0.39, 0.29) is 6.04 Å². The maximum Gasteiger partial charge on any atom is 0.417 e. The molecule has 0 amide bonds. The molecular formula is C20H23F3N2O2S. The van der Waals surface area contributed by atoms with Crippen molar-refractivity contribution in [3.63, 3.8) is 0 Å².